The van der Waals surface area contributed by atoms with Gasteiger partial charge in [-0.15, -0.1) is 0 Å². The van der Waals surface area contributed by atoms with E-state index >= 15 is 0 Å². The van der Waals surface area contributed by atoms with Gasteiger partial charge in [0.2, 0.25) is 5.91 Å². The van der Waals surface area contributed by atoms with Crippen LogP contribution in [-0.2, 0) is 29.0 Å². The van der Waals surface area contributed by atoms with E-state index in [0.29, 0.717) is 13.0 Å². The highest BCUT2D eigenvalue weighted by atomic mass is 16.5. The molecule has 0 aliphatic heterocycles. The lowest BCUT2D eigenvalue weighted by molar-refractivity contribution is -0.124. The van der Waals surface area contributed by atoms with Gasteiger partial charge in [-0.05, 0) is 40.8 Å². The molecule has 0 atom stereocenters. The van der Waals surface area contributed by atoms with Crippen LogP contribution in [0.25, 0.3) is 17.0 Å². The molecule has 1 heterocycles. The van der Waals surface area contributed by atoms with Gasteiger partial charge in [0.05, 0.1) is 6.42 Å². The largest absolute Gasteiger partial charge is 0.361 e. The van der Waals surface area contributed by atoms with Gasteiger partial charge in [0.1, 0.15) is 0 Å². The molecular formula is C30H32N4O3. The second kappa shape index (κ2) is 13.2. The highest BCUT2D eigenvalue weighted by Gasteiger charge is 2.11. The summed E-state index contributed by atoms with van der Waals surface area (Å²) >= 11 is 0. The lowest BCUT2D eigenvalue weighted by Gasteiger charge is -2.23. The summed E-state index contributed by atoms with van der Waals surface area (Å²) in [6.45, 7) is 2.87. The molecule has 1 aromatic heterocycles. The number of aromatic nitrogens is 1. The first-order chi connectivity index (χ1) is 18.1. The van der Waals surface area contributed by atoms with Gasteiger partial charge in [0, 0.05) is 49.4 Å². The summed E-state index contributed by atoms with van der Waals surface area (Å²) in [5.41, 5.74) is 7.00. The molecule has 0 spiro atoms. The van der Waals surface area contributed by atoms with Crippen LogP contribution in [0, 0.1) is 0 Å². The Bertz CT molecular complexity index is 1330. The molecule has 0 radical (unpaired) electrons. The van der Waals surface area contributed by atoms with Crippen molar-refractivity contribution < 1.29 is 14.8 Å². The van der Waals surface area contributed by atoms with E-state index in [1.54, 1.807) is 11.6 Å². The number of aromatic amines is 1. The zero-order chi connectivity index (χ0) is 25.9. The van der Waals surface area contributed by atoms with Gasteiger partial charge < -0.3 is 10.3 Å². The topological polar surface area (TPSA) is 97.5 Å². The number of nitrogens with one attached hydrogen (secondary N) is 3. The van der Waals surface area contributed by atoms with Crippen LogP contribution in [0.15, 0.2) is 91.1 Å². The van der Waals surface area contributed by atoms with Gasteiger partial charge in [-0.2, -0.15) is 0 Å². The van der Waals surface area contributed by atoms with Gasteiger partial charge in [0.25, 0.3) is 5.91 Å². The Kier molecular flexibility index (Phi) is 9.23. The number of carbonyl (C=O) groups is 2. The van der Waals surface area contributed by atoms with E-state index in [9.17, 15) is 9.59 Å². The van der Waals surface area contributed by atoms with E-state index in [2.05, 4.69) is 39.6 Å². The van der Waals surface area contributed by atoms with E-state index in [4.69, 9.17) is 5.21 Å². The molecule has 3 aromatic carbocycles. The summed E-state index contributed by atoms with van der Waals surface area (Å²) in [5, 5.41) is 12.9. The van der Waals surface area contributed by atoms with E-state index in [1.165, 1.54) is 17.0 Å². The minimum atomic E-state index is -0.568. The molecule has 7 heteroatoms. The molecule has 0 bridgehead atoms. The Morgan fingerprint density at radius 3 is 2.43 bits per heavy atom. The zero-order valence-corrected chi connectivity index (χ0v) is 20.7. The fourth-order valence-electron chi connectivity index (χ4n) is 4.29. The third-order valence-electron chi connectivity index (χ3n) is 6.25. The summed E-state index contributed by atoms with van der Waals surface area (Å²) in [6.07, 6.45) is 6.26. The first-order valence-electron chi connectivity index (χ1n) is 12.4. The summed E-state index contributed by atoms with van der Waals surface area (Å²) in [7, 11) is 0. The fraction of sp³-hybridized carbons (Fsp3) is 0.200. The van der Waals surface area contributed by atoms with E-state index < -0.39 is 5.91 Å². The molecule has 7 nitrogen and oxygen atoms in total. The average Bonchev–Trinajstić information content (AvgIpc) is 3.34. The molecule has 0 aliphatic carbocycles. The van der Waals surface area contributed by atoms with Crippen molar-refractivity contribution in [3.05, 3.63) is 113 Å². The maximum Gasteiger partial charge on any atom is 0.267 e. The zero-order valence-electron chi connectivity index (χ0n) is 20.7. The van der Waals surface area contributed by atoms with Crippen molar-refractivity contribution in [3.63, 3.8) is 0 Å². The van der Waals surface area contributed by atoms with E-state index in [-0.39, 0.29) is 5.91 Å². The third kappa shape index (κ3) is 7.90. The number of benzene rings is 3. The normalized spacial score (nSPS) is 11.3. The minimum absolute atomic E-state index is 0.0193. The molecule has 0 fully saturated rings. The Morgan fingerprint density at radius 2 is 1.65 bits per heavy atom. The fourth-order valence-corrected chi connectivity index (χ4v) is 4.29. The summed E-state index contributed by atoms with van der Waals surface area (Å²) in [6, 6.07) is 26.0. The van der Waals surface area contributed by atoms with Crippen molar-refractivity contribution in [2.24, 2.45) is 0 Å². The van der Waals surface area contributed by atoms with Crippen molar-refractivity contribution in [3.8, 4) is 0 Å². The molecule has 2 amide bonds. The standard InChI is InChI=1S/C30H32N4O3/c35-29(33-37)15-14-23-10-12-25(13-11-23)22-34(18-16-26-21-32-28-9-5-4-8-27(26)28)19-17-31-30(36)20-24-6-2-1-3-7-24/h1-15,21,32,37H,16-20,22H2,(H,31,36)(H,33,35). The van der Waals surface area contributed by atoms with E-state index in [0.717, 1.165) is 48.3 Å². The van der Waals surface area contributed by atoms with Crippen LogP contribution < -0.4 is 10.8 Å². The van der Waals surface area contributed by atoms with Gasteiger partial charge >= 0.3 is 0 Å². The number of H-pyrrole nitrogens is 1. The Balaban J connectivity index is 1.37. The number of hydroxylamine groups is 1. The quantitative estimate of drug-likeness (QED) is 0.135. The molecule has 0 saturated carbocycles. The predicted octanol–water partition coefficient (Wildman–Crippen LogP) is 4.09. The van der Waals surface area contributed by atoms with Crippen molar-refractivity contribution in [1.29, 1.82) is 0 Å². The monoisotopic (exact) mass is 496 g/mol. The maximum absolute atomic E-state index is 12.4. The second-order valence-corrected chi connectivity index (χ2v) is 8.95. The lowest BCUT2D eigenvalue weighted by Crippen LogP contribution is -2.36. The molecule has 37 heavy (non-hydrogen) atoms. The number of rotatable bonds is 12. The van der Waals surface area contributed by atoms with Crippen molar-refractivity contribution in [2.45, 2.75) is 19.4 Å². The van der Waals surface area contributed by atoms with Crippen LogP contribution >= 0.6 is 0 Å². The Labute approximate surface area is 216 Å². The molecule has 0 aliphatic rings. The van der Waals surface area contributed by atoms with Gasteiger partial charge in [-0.3, -0.25) is 19.7 Å². The highest BCUT2D eigenvalue weighted by Crippen LogP contribution is 2.19. The van der Waals surface area contributed by atoms with Gasteiger partial charge in [0.15, 0.2) is 0 Å². The van der Waals surface area contributed by atoms with Crippen molar-refractivity contribution in [1.82, 2.24) is 20.7 Å². The van der Waals surface area contributed by atoms with Crippen LogP contribution in [0.4, 0.5) is 0 Å². The van der Waals surface area contributed by atoms with E-state index in [1.807, 2.05) is 60.7 Å². The minimum Gasteiger partial charge on any atom is -0.361 e. The second-order valence-electron chi connectivity index (χ2n) is 8.95. The molecule has 4 aromatic rings. The van der Waals surface area contributed by atoms with Crippen LogP contribution in [0.1, 0.15) is 22.3 Å². The Hall–Kier alpha value is -4.20. The number of carbonyl (C=O) groups excluding carboxylic acids is 2. The Morgan fingerprint density at radius 1 is 0.892 bits per heavy atom. The van der Waals surface area contributed by atoms with Crippen LogP contribution in [-0.4, -0.2) is 46.5 Å². The molecule has 0 unspecified atom stereocenters. The summed E-state index contributed by atoms with van der Waals surface area (Å²) in [5.74, 6) is -0.548. The molecule has 190 valence electrons. The van der Waals surface area contributed by atoms with Crippen LogP contribution in [0.3, 0.4) is 0 Å². The molecule has 4 N–H and O–H groups in total. The first-order valence-corrected chi connectivity index (χ1v) is 12.4. The number of fused-ring (bicyclic) bond motifs is 1. The van der Waals surface area contributed by atoms with Crippen LogP contribution in [0.5, 0.6) is 0 Å². The third-order valence-corrected chi connectivity index (χ3v) is 6.25. The predicted molar refractivity (Wildman–Crippen MR) is 146 cm³/mol. The number of nitrogens with zero attached hydrogens (tertiary/aromatic N) is 1. The number of amides is 2. The van der Waals surface area contributed by atoms with Gasteiger partial charge in [-0.25, -0.2) is 5.48 Å². The SMILES string of the molecule is O=C(C=Cc1ccc(CN(CCNC(=O)Cc2ccccc2)CCc2c[nH]c3ccccc23)cc1)NO. The number of hydrogen-bond acceptors (Lipinski definition) is 4. The number of hydrogen-bond donors (Lipinski definition) is 4. The molecule has 0 saturated heterocycles. The maximum atomic E-state index is 12.4. The summed E-state index contributed by atoms with van der Waals surface area (Å²) in [4.78, 5) is 29.3. The lowest BCUT2D eigenvalue weighted by atomic mass is 10.1. The number of para-hydroxylation sites is 1. The summed E-state index contributed by atoms with van der Waals surface area (Å²) < 4.78 is 0. The van der Waals surface area contributed by atoms with Gasteiger partial charge in [-0.1, -0.05) is 72.8 Å². The molecule has 4 rings (SSSR count). The average molecular weight is 497 g/mol. The first kappa shape index (κ1) is 25.9. The van der Waals surface area contributed by atoms with Crippen LogP contribution in [0.2, 0.25) is 0 Å². The van der Waals surface area contributed by atoms with Crippen molar-refractivity contribution in [2.75, 3.05) is 19.6 Å². The smallest absolute Gasteiger partial charge is 0.267 e. The van der Waals surface area contributed by atoms with Crippen molar-refractivity contribution >= 4 is 28.8 Å². The highest BCUT2D eigenvalue weighted by molar-refractivity contribution is 5.90. The molecular weight excluding hydrogens is 464 g/mol.